The summed E-state index contributed by atoms with van der Waals surface area (Å²) in [7, 11) is 3.65. The lowest BCUT2D eigenvalue weighted by atomic mass is 9.93. The monoisotopic (exact) mass is 560 g/mol. The fourth-order valence-electron chi connectivity index (χ4n) is 4.79. The number of hydrazine groups is 1. The normalized spacial score (nSPS) is 15.2. The van der Waals surface area contributed by atoms with E-state index in [1.165, 1.54) is 10.7 Å². The Labute approximate surface area is 226 Å². The van der Waals surface area contributed by atoms with Crippen LogP contribution >= 0.6 is 0 Å². The number of urea groups is 1. The summed E-state index contributed by atoms with van der Waals surface area (Å²) in [4.78, 5) is 36.7. The average molecular weight is 561 g/mol. The molecule has 0 unspecified atom stereocenters. The fourth-order valence-corrected chi connectivity index (χ4v) is 4.79. The molecule has 2 aromatic heterocycles. The van der Waals surface area contributed by atoms with E-state index in [-0.39, 0.29) is 17.3 Å². The number of nitrogens with zero attached hydrogens (tertiary/aromatic N) is 6. The number of primary amides is 1. The molecule has 0 bridgehead atoms. The van der Waals surface area contributed by atoms with Crippen molar-refractivity contribution in [2.45, 2.75) is 19.2 Å². The second kappa shape index (κ2) is 10.5. The number of hydrogen-bond acceptors (Lipinski definition) is 9. The quantitative estimate of drug-likeness (QED) is 0.341. The SMILES string of the molecule is CN1CCN(c2ccc(OC(F)(F)F)c(Nc3ncc4c(n3)-c3c(c(C(=O)NNC(N)=O)nn3C)CC4)c2)CC1. The minimum atomic E-state index is -4.90. The summed E-state index contributed by atoms with van der Waals surface area (Å²) in [6.45, 7) is 3.09. The maximum absolute atomic E-state index is 13.2. The van der Waals surface area contributed by atoms with E-state index in [4.69, 9.17) is 5.73 Å². The molecule has 16 heteroatoms. The first-order valence-corrected chi connectivity index (χ1v) is 12.4. The number of benzene rings is 1. The number of aryl methyl sites for hydroxylation is 2. The van der Waals surface area contributed by atoms with Gasteiger partial charge in [0.05, 0.1) is 17.1 Å². The minimum absolute atomic E-state index is 0.0387. The molecule has 5 N–H and O–H groups in total. The van der Waals surface area contributed by atoms with Gasteiger partial charge in [-0.2, -0.15) is 5.10 Å². The van der Waals surface area contributed by atoms with Crippen LogP contribution in [0.25, 0.3) is 11.4 Å². The molecule has 1 aliphatic heterocycles. The maximum atomic E-state index is 13.2. The Kier molecular flexibility index (Phi) is 7.10. The lowest BCUT2D eigenvalue weighted by Crippen LogP contribution is -2.44. The largest absolute Gasteiger partial charge is 0.573 e. The minimum Gasteiger partial charge on any atom is -0.404 e. The second-order valence-electron chi connectivity index (χ2n) is 9.45. The van der Waals surface area contributed by atoms with E-state index in [1.54, 1.807) is 25.4 Å². The average Bonchev–Trinajstić information content (AvgIpc) is 3.25. The molecule has 5 rings (SSSR count). The third-order valence-electron chi connectivity index (χ3n) is 6.70. The van der Waals surface area contributed by atoms with E-state index in [9.17, 15) is 22.8 Å². The number of alkyl halides is 3. The molecule has 0 radical (unpaired) electrons. The van der Waals surface area contributed by atoms with Crippen LogP contribution in [0.5, 0.6) is 5.75 Å². The van der Waals surface area contributed by atoms with E-state index in [2.05, 4.69) is 40.3 Å². The Morgan fingerprint density at radius 1 is 1.07 bits per heavy atom. The van der Waals surface area contributed by atoms with Gasteiger partial charge in [-0.05, 0) is 43.7 Å². The van der Waals surface area contributed by atoms with Crippen LogP contribution in [-0.2, 0) is 19.9 Å². The molecular formula is C24H27F3N10O3. The number of halogens is 3. The molecule has 40 heavy (non-hydrogen) atoms. The smallest absolute Gasteiger partial charge is 0.404 e. The highest BCUT2D eigenvalue weighted by atomic mass is 19.4. The Balaban J connectivity index is 1.47. The molecule has 212 valence electrons. The van der Waals surface area contributed by atoms with Crippen molar-refractivity contribution in [3.05, 3.63) is 41.2 Å². The highest BCUT2D eigenvalue weighted by Crippen LogP contribution is 2.37. The van der Waals surface area contributed by atoms with Crippen molar-refractivity contribution < 1.29 is 27.5 Å². The predicted molar refractivity (Wildman–Crippen MR) is 138 cm³/mol. The van der Waals surface area contributed by atoms with Crippen molar-refractivity contribution in [2.24, 2.45) is 12.8 Å². The fraction of sp³-hybridized carbons (Fsp3) is 0.375. The van der Waals surface area contributed by atoms with Crippen molar-refractivity contribution >= 4 is 29.3 Å². The van der Waals surface area contributed by atoms with Crippen molar-refractivity contribution in [1.82, 2.24) is 35.5 Å². The molecule has 2 aliphatic rings. The molecule has 0 saturated carbocycles. The third kappa shape index (κ3) is 5.70. The van der Waals surface area contributed by atoms with Crippen LogP contribution < -0.4 is 31.5 Å². The van der Waals surface area contributed by atoms with Crippen LogP contribution in [0.1, 0.15) is 21.6 Å². The summed E-state index contributed by atoms with van der Waals surface area (Å²) >= 11 is 0. The first-order chi connectivity index (χ1) is 19.0. The molecule has 1 fully saturated rings. The van der Waals surface area contributed by atoms with Gasteiger partial charge in [0.2, 0.25) is 5.95 Å². The number of carbonyl (C=O) groups is 2. The van der Waals surface area contributed by atoms with Gasteiger partial charge in [-0.25, -0.2) is 20.2 Å². The number of piperazine rings is 1. The van der Waals surface area contributed by atoms with Crippen molar-refractivity contribution in [3.63, 3.8) is 0 Å². The van der Waals surface area contributed by atoms with Gasteiger partial charge in [-0.3, -0.25) is 14.9 Å². The summed E-state index contributed by atoms with van der Waals surface area (Å²) in [6.07, 6.45) is -2.35. The molecule has 3 aromatic rings. The van der Waals surface area contributed by atoms with Crippen LogP contribution in [-0.4, -0.2) is 76.2 Å². The Morgan fingerprint density at radius 2 is 1.82 bits per heavy atom. The summed E-state index contributed by atoms with van der Waals surface area (Å²) in [6, 6.07) is 3.51. The van der Waals surface area contributed by atoms with Gasteiger partial charge in [0, 0.05) is 50.7 Å². The number of aromatic nitrogens is 4. The van der Waals surface area contributed by atoms with Crippen LogP contribution in [0, 0.1) is 0 Å². The zero-order valence-corrected chi connectivity index (χ0v) is 21.7. The number of amides is 3. The molecule has 0 spiro atoms. The maximum Gasteiger partial charge on any atom is 0.573 e. The molecule has 1 aromatic carbocycles. The molecule has 0 atom stereocenters. The lowest BCUT2D eigenvalue weighted by molar-refractivity contribution is -0.274. The number of hydrogen-bond donors (Lipinski definition) is 4. The summed E-state index contributed by atoms with van der Waals surface area (Å²) in [5, 5.41) is 7.17. The highest BCUT2D eigenvalue weighted by molar-refractivity contribution is 5.96. The van der Waals surface area contributed by atoms with E-state index < -0.39 is 24.1 Å². The zero-order chi connectivity index (χ0) is 28.6. The van der Waals surface area contributed by atoms with Crippen LogP contribution in [0.15, 0.2) is 24.4 Å². The summed E-state index contributed by atoms with van der Waals surface area (Å²) in [5.74, 6) is -1.04. The Morgan fingerprint density at radius 3 is 2.52 bits per heavy atom. The van der Waals surface area contributed by atoms with Crippen molar-refractivity contribution in [3.8, 4) is 17.1 Å². The number of likely N-dealkylation sites (N-methyl/N-ethyl adjacent to an activating group) is 1. The van der Waals surface area contributed by atoms with E-state index in [0.29, 0.717) is 29.8 Å². The number of anilines is 3. The van der Waals surface area contributed by atoms with Gasteiger partial charge in [0.1, 0.15) is 0 Å². The summed E-state index contributed by atoms with van der Waals surface area (Å²) < 4.78 is 45.3. The van der Waals surface area contributed by atoms with Gasteiger partial charge in [-0.15, -0.1) is 13.2 Å². The van der Waals surface area contributed by atoms with Gasteiger partial charge in [0.15, 0.2) is 11.4 Å². The van der Waals surface area contributed by atoms with Crippen molar-refractivity contribution in [2.75, 3.05) is 43.4 Å². The number of nitrogens with two attached hydrogens (primary N) is 1. The van der Waals surface area contributed by atoms with Crippen LogP contribution in [0.2, 0.25) is 0 Å². The predicted octanol–water partition coefficient (Wildman–Crippen LogP) is 1.68. The number of carbonyl (C=O) groups excluding carboxylic acids is 2. The van der Waals surface area contributed by atoms with Gasteiger partial charge < -0.3 is 25.6 Å². The Hall–Kier alpha value is -4.60. The first-order valence-electron chi connectivity index (χ1n) is 12.4. The molecule has 13 nitrogen and oxygen atoms in total. The number of ether oxygens (including phenoxy) is 1. The highest BCUT2D eigenvalue weighted by Gasteiger charge is 2.33. The van der Waals surface area contributed by atoms with E-state index >= 15 is 0 Å². The van der Waals surface area contributed by atoms with Gasteiger partial charge >= 0.3 is 12.4 Å². The number of fused-ring (bicyclic) bond motifs is 3. The van der Waals surface area contributed by atoms with Gasteiger partial charge in [0.25, 0.3) is 5.91 Å². The molecule has 1 aliphatic carbocycles. The number of rotatable bonds is 5. The number of nitrogens with one attached hydrogen (secondary N) is 3. The van der Waals surface area contributed by atoms with E-state index in [0.717, 1.165) is 37.4 Å². The van der Waals surface area contributed by atoms with E-state index in [1.807, 2.05) is 12.5 Å². The van der Waals surface area contributed by atoms with Crippen LogP contribution in [0.3, 0.4) is 0 Å². The summed E-state index contributed by atoms with van der Waals surface area (Å²) in [5.41, 5.74) is 12.5. The molecule has 1 saturated heterocycles. The zero-order valence-electron chi connectivity index (χ0n) is 21.7. The standard InChI is InChI=1S/C24H27F3N10O3/c1-35-7-9-37(10-8-35)14-4-6-17(40-24(25,26)27)16(11-14)30-23-29-12-13-3-5-15-19(21(38)32-33-22(28)39)34-36(2)20(15)18(13)31-23/h4,6,11-12H,3,5,7-10H2,1-2H3,(H,32,38)(H3,28,33,39)(H,29,30,31). The first kappa shape index (κ1) is 27.0. The molecular weight excluding hydrogens is 533 g/mol. The molecule has 3 amide bonds. The molecule has 3 heterocycles. The lowest BCUT2D eigenvalue weighted by Gasteiger charge is -2.34. The second-order valence-corrected chi connectivity index (χ2v) is 9.45. The van der Waals surface area contributed by atoms with Crippen molar-refractivity contribution in [1.29, 1.82) is 0 Å². The van der Waals surface area contributed by atoms with Crippen LogP contribution in [0.4, 0.5) is 35.3 Å². The third-order valence-corrected chi connectivity index (χ3v) is 6.70. The topological polar surface area (TPSA) is 156 Å². The van der Waals surface area contributed by atoms with Gasteiger partial charge in [-0.1, -0.05) is 0 Å². The Bertz CT molecular complexity index is 1450.